The molecule has 1 rings (SSSR count). The molecule has 1 aliphatic rings. The highest BCUT2D eigenvalue weighted by Gasteiger charge is 2.41. The highest BCUT2D eigenvalue weighted by atomic mass is 16.5. The van der Waals surface area contributed by atoms with Crippen LogP contribution in [0.4, 0.5) is 0 Å². The van der Waals surface area contributed by atoms with Crippen LogP contribution in [-0.2, 0) is 9.47 Å². The van der Waals surface area contributed by atoms with E-state index in [1.807, 2.05) is 0 Å². The molecule has 0 aliphatic heterocycles. The van der Waals surface area contributed by atoms with E-state index in [1.54, 1.807) is 21.1 Å². The average Bonchev–Trinajstić information content (AvgIpc) is 2.16. The summed E-state index contributed by atoms with van der Waals surface area (Å²) in [6, 6.07) is 0. The summed E-state index contributed by atoms with van der Waals surface area (Å²) >= 11 is 0. The minimum Gasteiger partial charge on any atom is -0.393 e. The number of ether oxygens (including phenoxy) is 2. The van der Waals surface area contributed by atoms with Gasteiger partial charge in [0.25, 0.3) is 0 Å². The van der Waals surface area contributed by atoms with Crippen LogP contribution in [0, 0.1) is 5.92 Å². The predicted octanol–water partition coefficient (Wildman–Crippen LogP) is 0.168. The first-order valence-electron chi connectivity index (χ1n) is 5.03. The van der Waals surface area contributed by atoms with Crippen LogP contribution in [0.2, 0.25) is 0 Å². The van der Waals surface area contributed by atoms with Crippen LogP contribution in [0.25, 0.3) is 0 Å². The van der Waals surface area contributed by atoms with Crippen molar-refractivity contribution in [3.8, 4) is 0 Å². The minimum atomic E-state index is -0.576. The lowest BCUT2D eigenvalue weighted by Gasteiger charge is -2.40. The first-order valence-corrected chi connectivity index (χ1v) is 5.03. The Morgan fingerprint density at radius 3 is 2.29 bits per heavy atom. The number of hydrogen-bond donors (Lipinski definition) is 2. The second-order valence-corrected chi connectivity index (χ2v) is 3.94. The average molecular weight is 204 g/mol. The molecule has 0 unspecified atom stereocenters. The summed E-state index contributed by atoms with van der Waals surface area (Å²) in [4.78, 5) is 0. The molecule has 0 spiro atoms. The molecule has 4 nitrogen and oxygen atoms in total. The van der Waals surface area contributed by atoms with Gasteiger partial charge in [-0.3, -0.25) is 0 Å². The van der Waals surface area contributed by atoms with Crippen molar-refractivity contribution < 1.29 is 19.7 Å². The van der Waals surface area contributed by atoms with Crippen molar-refractivity contribution in [3.05, 3.63) is 0 Å². The van der Waals surface area contributed by atoms with Crippen LogP contribution in [0.1, 0.15) is 19.8 Å². The van der Waals surface area contributed by atoms with E-state index in [0.717, 1.165) is 6.42 Å². The molecule has 84 valence electrons. The van der Waals surface area contributed by atoms with Crippen molar-refractivity contribution >= 4 is 0 Å². The second kappa shape index (κ2) is 5.07. The lowest BCUT2D eigenvalue weighted by Crippen LogP contribution is -2.51. The maximum atomic E-state index is 9.76. The molecule has 5 atom stereocenters. The van der Waals surface area contributed by atoms with E-state index >= 15 is 0 Å². The summed E-state index contributed by atoms with van der Waals surface area (Å²) in [5.74, 6) is -0.251. The Bertz CT molecular complexity index is 172. The molecule has 0 heterocycles. The summed E-state index contributed by atoms with van der Waals surface area (Å²) in [6.07, 6.45) is 0.124. The number of methoxy groups -OCH3 is 2. The van der Waals surface area contributed by atoms with E-state index < -0.39 is 12.2 Å². The van der Waals surface area contributed by atoms with E-state index in [2.05, 4.69) is 0 Å². The summed E-state index contributed by atoms with van der Waals surface area (Å²) in [7, 11) is 3.22. The molecule has 0 radical (unpaired) electrons. The van der Waals surface area contributed by atoms with E-state index in [1.165, 1.54) is 0 Å². The van der Waals surface area contributed by atoms with Crippen molar-refractivity contribution in [2.24, 2.45) is 5.92 Å². The molecule has 4 heteroatoms. The fourth-order valence-corrected chi connectivity index (χ4v) is 2.32. The van der Waals surface area contributed by atoms with Crippen LogP contribution in [0.15, 0.2) is 0 Å². The van der Waals surface area contributed by atoms with E-state index in [-0.39, 0.29) is 18.1 Å². The lowest BCUT2D eigenvalue weighted by atomic mass is 9.79. The number of hydrogen-bond acceptors (Lipinski definition) is 4. The van der Waals surface area contributed by atoms with Crippen molar-refractivity contribution in [2.75, 3.05) is 14.2 Å². The molecule has 1 fully saturated rings. The second-order valence-electron chi connectivity index (χ2n) is 3.94. The maximum absolute atomic E-state index is 9.76. The summed E-state index contributed by atoms with van der Waals surface area (Å²) in [6.45, 7) is 1.68. The third-order valence-electron chi connectivity index (χ3n) is 3.07. The fourth-order valence-electron chi connectivity index (χ4n) is 2.32. The molecular formula is C10H20O4. The molecule has 14 heavy (non-hydrogen) atoms. The highest BCUT2D eigenvalue weighted by molar-refractivity contribution is 4.91. The molecule has 1 saturated carbocycles. The number of aliphatic hydroxyl groups is 2. The van der Waals surface area contributed by atoms with E-state index in [0.29, 0.717) is 6.42 Å². The van der Waals surface area contributed by atoms with Crippen molar-refractivity contribution in [2.45, 2.75) is 44.2 Å². The van der Waals surface area contributed by atoms with Gasteiger partial charge in [-0.05, 0) is 19.8 Å². The zero-order chi connectivity index (χ0) is 10.7. The Kier molecular flexibility index (Phi) is 4.31. The largest absolute Gasteiger partial charge is 0.393 e. The zero-order valence-electron chi connectivity index (χ0n) is 9.01. The molecule has 0 amide bonds. The fraction of sp³-hybridized carbons (Fsp3) is 1.00. The lowest BCUT2D eigenvalue weighted by molar-refractivity contribution is -0.150. The summed E-state index contributed by atoms with van der Waals surface area (Å²) in [5.41, 5.74) is 0. The van der Waals surface area contributed by atoms with Gasteiger partial charge in [-0.1, -0.05) is 0 Å². The third-order valence-corrected chi connectivity index (χ3v) is 3.07. The third kappa shape index (κ3) is 2.25. The molecule has 0 bridgehead atoms. The molecule has 0 aromatic heterocycles. The van der Waals surface area contributed by atoms with Crippen LogP contribution < -0.4 is 0 Å². The van der Waals surface area contributed by atoms with Gasteiger partial charge in [-0.15, -0.1) is 0 Å². The zero-order valence-corrected chi connectivity index (χ0v) is 9.01. The van der Waals surface area contributed by atoms with Gasteiger partial charge in [0.2, 0.25) is 0 Å². The number of aliphatic hydroxyl groups excluding tert-OH is 2. The Labute approximate surface area is 84.8 Å². The topological polar surface area (TPSA) is 58.9 Å². The van der Waals surface area contributed by atoms with Gasteiger partial charge >= 0.3 is 0 Å². The predicted molar refractivity (Wildman–Crippen MR) is 52.0 cm³/mol. The van der Waals surface area contributed by atoms with Gasteiger partial charge in [0, 0.05) is 20.1 Å². The van der Waals surface area contributed by atoms with Crippen LogP contribution >= 0.6 is 0 Å². The first kappa shape index (κ1) is 11.9. The summed E-state index contributed by atoms with van der Waals surface area (Å²) < 4.78 is 10.6. The van der Waals surface area contributed by atoms with Gasteiger partial charge in [0.15, 0.2) is 0 Å². The molecular weight excluding hydrogens is 184 g/mol. The Hall–Kier alpha value is -0.160. The van der Waals surface area contributed by atoms with Gasteiger partial charge < -0.3 is 19.7 Å². The minimum absolute atomic E-state index is 0.0250. The Morgan fingerprint density at radius 1 is 1.21 bits per heavy atom. The first-order chi connectivity index (χ1) is 6.61. The molecule has 0 saturated heterocycles. The van der Waals surface area contributed by atoms with Gasteiger partial charge in [-0.2, -0.15) is 0 Å². The van der Waals surface area contributed by atoms with Crippen LogP contribution in [-0.4, -0.2) is 48.8 Å². The Balaban J connectivity index is 2.74. The van der Waals surface area contributed by atoms with Crippen molar-refractivity contribution in [3.63, 3.8) is 0 Å². The van der Waals surface area contributed by atoms with Gasteiger partial charge in [-0.25, -0.2) is 0 Å². The summed E-state index contributed by atoms with van der Waals surface area (Å²) in [5, 5.41) is 19.3. The monoisotopic (exact) mass is 204 g/mol. The number of rotatable bonds is 3. The molecule has 0 aromatic carbocycles. The van der Waals surface area contributed by atoms with Gasteiger partial charge in [0.1, 0.15) is 0 Å². The van der Waals surface area contributed by atoms with Crippen LogP contribution in [0.5, 0.6) is 0 Å². The standard InChI is InChI=1S/C10H20O4/c1-6(11)9-7(12)4-5-8(13-2)10(9)14-3/h6-12H,4-5H2,1-3H3/t6-,7-,8+,9+,10+/m0/s1. The quantitative estimate of drug-likeness (QED) is 0.688. The molecule has 1 aliphatic carbocycles. The normalized spacial score (nSPS) is 40.9. The highest BCUT2D eigenvalue weighted by Crippen LogP contribution is 2.31. The SMILES string of the molecule is CO[C@H]1[C@H]([C@H](C)O)[C@@H](O)CC[C@H]1OC. The van der Waals surface area contributed by atoms with E-state index in [9.17, 15) is 10.2 Å². The van der Waals surface area contributed by atoms with E-state index in [4.69, 9.17) is 9.47 Å². The molecule has 2 N–H and O–H groups in total. The van der Waals surface area contributed by atoms with Gasteiger partial charge in [0.05, 0.1) is 24.4 Å². The smallest absolute Gasteiger partial charge is 0.0910 e. The molecule has 0 aromatic rings. The van der Waals surface area contributed by atoms with Crippen molar-refractivity contribution in [1.29, 1.82) is 0 Å². The van der Waals surface area contributed by atoms with Crippen molar-refractivity contribution in [1.82, 2.24) is 0 Å². The van der Waals surface area contributed by atoms with Crippen LogP contribution in [0.3, 0.4) is 0 Å². The Morgan fingerprint density at radius 2 is 1.86 bits per heavy atom. The maximum Gasteiger partial charge on any atom is 0.0910 e.